The highest BCUT2D eigenvalue weighted by molar-refractivity contribution is 7.56. The molecule has 0 saturated carbocycles. The lowest BCUT2D eigenvalue weighted by Crippen LogP contribution is -2.32. The van der Waals surface area contributed by atoms with Crippen LogP contribution < -0.4 is 4.90 Å². The Hall–Kier alpha value is -0.790. The molecule has 1 unspecified atom stereocenters. The van der Waals surface area contributed by atoms with E-state index in [9.17, 15) is 9.13 Å². The van der Waals surface area contributed by atoms with Crippen molar-refractivity contribution in [3.63, 3.8) is 0 Å². The van der Waals surface area contributed by atoms with Crippen molar-refractivity contribution in [3.05, 3.63) is 24.5 Å². The lowest BCUT2D eigenvalue weighted by Gasteiger charge is -2.32. The molecule has 0 amide bonds. The topological polar surface area (TPSA) is 96.4 Å². The lowest BCUT2D eigenvalue weighted by atomic mass is 10.4. The maximum Gasteiger partial charge on any atom is 0.475 e. The van der Waals surface area contributed by atoms with Gasteiger partial charge in [-0.15, -0.1) is 0 Å². The van der Waals surface area contributed by atoms with Gasteiger partial charge in [-0.25, -0.2) is 4.57 Å². The first-order valence-corrected chi connectivity index (χ1v) is 12.0. The fourth-order valence-corrected chi connectivity index (χ4v) is 5.81. The van der Waals surface area contributed by atoms with Gasteiger partial charge in [0.2, 0.25) is 0 Å². The van der Waals surface area contributed by atoms with Gasteiger partial charge in [-0.2, -0.15) is 0 Å². The Morgan fingerprint density at radius 3 is 2.00 bits per heavy atom. The molecule has 1 atom stereocenters. The van der Waals surface area contributed by atoms with E-state index in [2.05, 4.69) is 4.98 Å². The molecule has 0 saturated heterocycles. The third-order valence-corrected chi connectivity index (χ3v) is 7.35. The van der Waals surface area contributed by atoms with E-state index in [4.69, 9.17) is 22.6 Å². The highest BCUT2D eigenvalue weighted by Crippen LogP contribution is 2.61. The van der Waals surface area contributed by atoms with Gasteiger partial charge in [0.25, 0.3) is 0 Å². The van der Waals surface area contributed by atoms with Crippen molar-refractivity contribution in [3.8, 4) is 0 Å². The number of hydrogen-bond donors (Lipinski definition) is 0. The van der Waals surface area contributed by atoms with E-state index in [1.807, 2.05) is 6.07 Å². The predicted molar refractivity (Wildman–Crippen MR) is 104 cm³/mol. The minimum absolute atomic E-state index is 0.0626. The molecule has 1 rings (SSSR count). The van der Waals surface area contributed by atoms with Crippen LogP contribution in [-0.4, -0.2) is 50.8 Å². The van der Waals surface area contributed by atoms with Crippen LogP contribution in [-0.2, 0) is 31.7 Å². The van der Waals surface area contributed by atoms with Crippen LogP contribution >= 0.6 is 15.4 Å². The minimum atomic E-state index is -3.94. The molecule has 1 aromatic rings. The van der Waals surface area contributed by atoms with Crippen molar-refractivity contribution in [1.82, 2.24) is 4.98 Å². The van der Waals surface area contributed by atoms with Crippen LogP contribution in [0.4, 0.5) is 5.69 Å². The number of pyridine rings is 1. The Balaban J connectivity index is 3.17. The van der Waals surface area contributed by atoms with Crippen LogP contribution in [0.1, 0.15) is 27.7 Å². The van der Waals surface area contributed by atoms with E-state index in [0.29, 0.717) is 0 Å². The van der Waals surface area contributed by atoms with Crippen LogP contribution in [0, 0.1) is 0 Å². The molecule has 0 spiro atoms. The summed E-state index contributed by atoms with van der Waals surface area (Å²) in [4.78, 5) is 5.82. The summed E-state index contributed by atoms with van der Waals surface area (Å²) in [6.07, 6.45) is 3.29. The molecule has 0 aromatic carbocycles. The largest absolute Gasteiger partial charge is 0.475 e. The average molecular weight is 424 g/mol. The molecule has 1 heterocycles. The molecule has 0 aliphatic heterocycles. The second-order valence-corrected chi connectivity index (χ2v) is 9.10. The van der Waals surface area contributed by atoms with Gasteiger partial charge < -0.3 is 13.9 Å². The first-order valence-electron chi connectivity index (χ1n) is 8.91. The number of hydrogen-bond acceptors (Lipinski definition) is 9. The third kappa shape index (κ3) is 7.62. The summed E-state index contributed by atoms with van der Waals surface area (Å²) < 4.78 is 53.0. The highest BCUT2D eigenvalue weighted by atomic mass is 31.2. The van der Waals surface area contributed by atoms with Crippen LogP contribution in [0.2, 0.25) is 0 Å². The maximum atomic E-state index is 13.3. The van der Waals surface area contributed by atoms with E-state index in [-0.39, 0.29) is 33.0 Å². The molecule has 0 fully saturated rings. The molecule has 156 valence electrons. The Morgan fingerprint density at radius 1 is 1.00 bits per heavy atom. The molecule has 0 bridgehead atoms. The molecule has 27 heavy (non-hydrogen) atoms. The van der Waals surface area contributed by atoms with Gasteiger partial charge in [0, 0.05) is 13.2 Å². The van der Waals surface area contributed by atoms with Gasteiger partial charge in [-0.05, 0) is 39.8 Å². The van der Waals surface area contributed by atoms with Crippen LogP contribution in [0.5, 0.6) is 0 Å². The Bertz CT molecular complexity index is 612. The minimum Gasteiger partial charge on any atom is -0.370 e. The smallest absolute Gasteiger partial charge is 0.370 e. The van der Waals surface area contributed by atoms with Crippen molar-refractivity contribution < 1.29 is 31.7 Å². The van der Waals surface area contributed by atoms with Crippen molar-refractivity contribution in [1.29, 1.82) is 0 Å². The quantitative estimate of drug-likeness (QED) is 0.405. The van der Waals surface area contributed by atoms with E-state index in [0.717, 1.165) is 5.69 Å². The number of aromatic nitrogens is 1. The van der Waals surface area contributed by atoms with E-state index < -0.39 is 21.3 Å². The summed E-state index contributed by atoms with van der Waals surface area (Å²) in [5, 5.41) is 0. The van der Waals surface area contributed by atoms with Gasteiger partial charge in [0.05, 0.1) is 44.9 Å². The zero-order chi connectivity index (χ0) is 20.3. The van der Waals surface area contributed by atoms with Gasteiger partial charge in [-0.1, -0.05) is 0 Å². The molecule has 0 radical (unpaired) electrons. The maximum absolute atomic E-state index is 13.3. The van der Waals surface area contributed by atoms with Crippen molar-refractivity contribution >= 4 is 21.1 Å². The van der Waals surface area contributed by atoms with Gasteiger partial charge >= 0.3 is 15.4 Å². The summed E-state index contributed by atoms with van der Waals surface area (Å²) in [6.45, 7) is 7.27. The number of phosphoric acid groups is 1. The lowest BCUT2D eigenvalue weighted by molar-refractivity contribution is 0.0915. The molecule has 0 aliphatic carbocycles. The summed E-state index contributed by atoms with van der Waals surface area (Å²) in [7, 11) is -5.94. The zero-order valence-corrected chi connectivity index (χ0v) is 18.4. The van der Waals surface area contributed by atoms with E-state index in [1.165, 1.54) is 0 Å². The standard InChI is InChI=1S/C16H30N2O7P2/c1-6-21-26(19,22-7-2)16(25-27(20,23-8-3)24-9-4)14-18(5)15-11-10-12-17-13-15/h10-13,16H,6-9,14H2,1-5H3. The second-order valence-electron chi connectivity index (χ2n) is 5.31. The fourth-order valence-electron chi connectivity index (χ4n) is 2.24. The molecule has 1 aromatic heterocycles. The highest BCUT2D eigenvalue weighted by Gasteiger charge is 2.43. The zero-order valence-electron chi connectivity index (χ0n) is 16.6. The van der Waals surface area contributed by atoms with Gasteiger partial charge in [0.1, 0.15) is 0 Å². The van der Waals surface area contributed by atoms with Crippen molar-refractivity contribution in [2.45, 2.75) is 33.5 Å². The summed E-state index contributed by atoms with van der Waals surface area (Å²) in [6, 6.07) is 3.61. The first-order chi connectivity index (χ1) is 12.8. The van der Waals surface area contributed by atoms with Crippen LogP contribution in [0.3, 0.4) is 0 Å². The number of anilines is 1. The number of likely N-dealkylation sites (N-methyl/N-ethyl adjacent to an activating group) is 1. The first kappa shape index (κ1) is 24.2. The molecule has 11 heteroatoms. The normalized spacial score (nSPS) is 13.5. The predicted octanol–water partition coefficient (Wildman–Crippen LogP) is 4.31. The second kappa shape index (κ2) is 11.9. The number of rotatable bonds is 14. The molecule has 0 aliphatic rings. The molecule has 9 nitrogen and oxygen atoms in total. The summed E-state index contributed by atoms with van der Waals surface area (Å²) >= 11 is 0. The van der Waals surface area contributed by atoms with E-state index >= 15 is 0 Å². The van der Waals surface area contributed by atoms with E-state index in [1.54, 1.807) is 58.1 Å². The Labute approximate surface area is 161 Å². The van der Waals surface area contributed by atoms with Crippen molar-refractivity contribution in [2.75, 3.05) is 44.9 Å². The molecular formula is C16H30N2O7P2. The summed E-state index contributed by atoms with van der Waals surface area (Å²) in [5.41, 5.74) is 0.758. The number of phosphoric ester groups is 1. The monoisotopic (exact) mass is 424 g/mol. The van der Waals surface area contributed by atoms with Crippen LogP contribution in [0.25, 0.3) is 0 Å². The van der Waals surface area contributed by atoms with Crippen LogP contribution in [0.15, 0.2) is 24.5 Å². The Kier molecular flexibility index (Phi) is 10.7. The van der Waals surface area contributed by atoms with Gasteiger partial charge in [-0.3, -0.25) is 23.1 Å². The summed E-state index contributed by atoms with van der Waals surface area (Å²) in [5.74, 6) is -1.19. The third-order valence-electron chi connectivity index (χ3n) is 3.31. The SMILES string of the molecule is CCOP(=O)(OCC)OC(CN(C)c1cccnc1)P(=O)(OCC)OCC. The van der Waals surface area contributed by atoms with Gasteiger partial charge in [0.15, 0.2) is 5.85 Å². The van der Waals surface area contributed by atoms with Crippen molar-refractivity contribution in [2.24, 2.45) is 0 Å². The molecule has 0 N–H and O–H groups in total. The average Bonchev–Trinajstić information content (AvgIpc) is 2.62. The number of nitrogens with zero attached hydrogens (tertiary/aromatic N) is 2. The Morgan fingerprint density at radius 2 is 1.56 bits per heavy atom. The fraction of sp³-hybridized carbons (Fsp3) is 0.688. The molecular weight excluding hydrogens is 394 g/mol.